The molecule has 0 saturated carbocycles. The van der Waals surface area contributed by atoms with Crippen molar-refractivity contribution >= 4 is 12.2 Å². The molecule has 0 aliphatic carbocycles. The lowest BCUT2D eigenvalue weighted by Crippen LogP contribution is -2.29. The molecule has 0 aromatic rings. The van der Waals surface area contributed by atoms with E-state index in [1.54, 1.807) is 7.05 Å². The molecule has 0 aliphatic heterocycles. The van der Waals surface area contributed by atoms with Gasteiger partial charge in [-0.3, -0.25) is 4.79 Å². The summed E-state index contributed by atoms with van der Waals surface area (Å²) in [5.41, 5.74) is 0. The van der Waals surface area contributed by atoms with Gasteiger partial charge in [-0.2, -0.15) is 0 Å². The van der Waals surface area contributed by atoms with E-state index in [1.807, 2.05) is 0 Å². The number of aliphatic carboxylic acids is 1. The third kappa shape index (κ3) is 5.35. The summed E-state index contributed by atoms with van der Waals surface area (Å²) in [6.07, 6.45) is 1.41. The Bertz CT molecular complexity index is 147. The Balaban J connectivity index is 3.75. The number of carbonyl (C=O) groups is 1. The van der Waals surface area contributed by atoms with Crippen LogP contribution in [0.4, 0.5) is 0 Å². The normalized spacial score (nSPS) is 13.3. The zero-order valence-electron chi connectivity index (χ0n) is 6.57. The van der Waals surface area contributed by atoms with Crippen molar-refractivity contribution in [1.82, 2.24) is 5.32 Å². The van der Waals surface area contributed by atoms with E-state index in [1.165, 1.54) is 13.3 Å². The van der Waals surface area contributed by atoms with Crippen molar-refractivity contribution in [1.29, 1.82) is 0 Å². The van der Waals surface area contributed by atoms with Gasteiger partial charge in [0.2, 0.25) is 0 Å². The van der Waals surface area contributed by atoms with Crippen molar-refractivity contribution in [3.05, 3.63) is 0 Å². The highest BCUT2D eigenvalue weighted by Gasteiger charge is 2.07. The summed E-state index contributed by atoms with van der Waals surface area (Å²) in [4.78, 5) is 14.6. The number of carboxylic acids is 1. The predicted octanol–water partition coefficient (Wildman–Crippen LogP) is -0.319. The Morgan fingerprint density at radius 1 is 1.91 bits per heavy atom. The molecule has 0 unspecified atom stereocenters. The first-order valence-electron chi connectivity index (χ1n) is 3.16. The molecule has 0 aliphatic rings. The summed E-state index contributed by atoms with van der Waals surface area (Å²) < 4.78 is 0. The minimum atomic E-state index is -0.869. The van der Waals surface area contributed by atoms with Gasteiger partial charge in [-0.15, -0.1) is 0 Å². The van der Waals surface area contributed by atoms with E-state index in [4.69, 9.17) is 5.11 Å². The molecule has 0 aromatic heterocycles. The second-order valence-corrected chi connectivity index (χ2v) is 1.93. The van der Waals surface area contributed by atoms with Gasteiger partial charge in [0.1, 0.15) is 7.11 Å². The highest BCUT2D eigenvalue weighted by Crippen LogP contribution is 1.87. The zero-order valence-corrected chi connectivity index (χ0v) is 6.57. The fourth-order valence-electron chi connectivity index (χ4n) is 0.552. The highest BCUT2D eigenvalue weighted by molar-refractivity contribution is 5.75. The van der Waals surface area contributed by atoms with Crippen molar-refractivity contribution in [3.63, 3.8) is 0 Å². The molecule has 0 amide bonds. The molecule has 5 heteroatoms. The number of hydrogen-bond donors (Lipinski definition) is 2. The number of nitrogens with zero attached hydrogens (tertiary/aromatic N) is 1. The van der Waals surface area contributed by atoms with E-state index in [2.05, 4.69) is 15.3 Å². The molecule has 1 atom stereocenters. The molecule has 0 aromatic carbocycles. The lowest BCUT2D eigenvalue weighted by molar-refractivity contribution is -0.137. The van der Waals surface area contributed by atoms with Gasteiger partial charge < -0.3 is 15.3 Å². The summed E-state index contributed by atoms with van der Waals surface area (Å²) in [5, 5.41) is 14.6. The van der Waals surface area contributed by atoms with Crippen LogP contribution in [-0.2, 0) is 9.63 Å². The van der Waals surface area contributed by atoms with Crippen molar-refractivity contribution in [2.75, 3.05) is 14.2 Å². The van der Waals surface area contributed by atoms with E-state index in [0.717, 1.165) is 0 Å². The fourth-order valence-corrected chi connectivity index (χ4v) is 0.552. The Kier molecular flexibility index (Phi) is 5.10. The number of carboxylic acid groups (broad SMARTS) is 1. The molecule has 64 valence electrons. The molecular weight excluding hydrogens is 148 g/mol. The minimum Gasteiger partial charge on any atom is -0.481 e. The van der Waals surface area contributed by atoms with Crippen LogP contribution in [0.3, 0.4) is 0 Å². The van der Waals surface area contributed by atoms with Gasteiger partial charge >= 0.3 is 5.97 Å². The van der Waals surface area contributed by atoms with E-state index in [-0.39, 0.29) is 12.5 Å². The third-order valence-electron chi connectivity index (χ3n) is 1.11. The molecule has 5 nitrogen and oxygen atoms in total. The van der Waals surface area contributed by atoms with Gasteiger partial charge in [0.05, 0.1) is 18.7 Å². The molecule has 0 radical (unpaired) electrons. The summed E-state index contributed by atoms with van der Waals surface area (Å²) >= 11 is 0. The third-order valence-corrected chi connectivity index (χ3v) is 1.11. The lowest BCUT2D eigenvalue weighted by atomic mass is 10.2. The predicted molar refractivity (Wildman–Crippen MR) is 40.6 cm³/mol. The Labute approximate surface area is 65.0 Å². The molecule has 0 heterocycles. The van der Waals surface area contributed by atoms with Gasteiger partial charge in [-0.1, -0.05) is 5.16 Å². The molecule has 11 heavy (non-hydrogen) atoms. The zero-order chi connectivity index (χ0) is 8.69. The van der Waals surface area contributed by atoms with Crippen LogP contribution >= 0.6 is 0 Å². The van der Waals surface area contributed by atoms with Gasteiger partial charge in [0.25, 0.3) is 0 Å². The van der Waals surface area contributed by atoms with Gasteiger partial charge in [0.15, 0.2) is 0 Å². The molecule has 0 saturated heterocycles. The maximum absolute atomic E-state index is 10.2. The topological polar surface area (TPSA) is 70.9 Å². The van der Waals surface area contributed by atoms with Crippen molar-refractivity contribution in [2.24, 2.45) is 5.16 Å². The average molecular weight is 160 g/mol. The van der Waals surface area contributed by atoms with Gasteiger partial charge in [-0.05, 0) is 7.05 Å². The molecule has 2 N–H and O–H groups in total. The maximum atomic E-state index is 10.2. The largest absolute Gasteiger partial charge is 0.481 e. The van der Waals surface area contributed by atoms with E-state index < -0.39 is 5.97 Å². The van der Waals surface area contributed by atoms with Crippen LogP contribution in [0.1, 0.15) is 6.42 Å². The Hall–Kier alpha value is -1.10. The van der Waals surface area contributed by atoms with E-state index >= 15 is 0 Å². The van der Waals surface area contributed by atoms with E-state index in [9.17, 15) is 4.79 Å². The monoisotopic (exact) mass is 160 g/mol. The Morgan fingerprint density at radius 2 is 2.55 bits per heavy atom. The Morgan fingerprint density at radius 3 is 2.91 bits per heavy atom. The summed E-state index contributed by atoms with van der Waals surface area (Å²) in [6, 6.07) is -0.271. The van der Waals surface area contributed by atoms with E-state index in [0.29, 0.717) is 0 Å². The summed E-state index contributed by atoms with van der Waals surface area (Å²) in [5.74, 6) is -0.869. The van der Waals surface area contributed by atoms with Gasteiger partial charge in [0, 0.05) is 0 Å². The van der Waals surface area contributed by atoms with Crippen LogP contribution in [0.2, 0.25) is 0 Å². The molecular formula is C6H12N2O3. The van der Waals surface area contributed by atoms with Crippen LogP contribution in [-0.4, -0.2) is 37.5 Å². The average Bonchev–Trinajstić information content (AvgIpc) is 1.97. The van der Waals surface area contributed by atoms with Crippen LogP contribution in [0.5, 0.6) is 0 Å². The van der Waals surface area contributed by atoms with Crippen molar-refractivity contribution in [3.8, 4) is 0 Å². The van der Waals surface area contributed by atoms with Crippen LogP contribution in [0, 0.1) is 0 Å². The quantitative estimate of drug-likeness (QED) is 0.427. The minimum absolute atomic E-state index is 0.00333. The number of rotatable bonds is 5. The first-order chi connectivity index (χ1) is 5.20. The van der Waals surface area contributed by atoms with Gasteiger partial charge in [-0.25, -0.2) is 0 Å². The fraction of sp³-hybridized carbons (Fsp3) is 0.667. The SMILES string of the molecule is CN[C@H](/C=N/OC)CC(=O)O. The molecule has 0 bridgehead atoms. The van der Waals surface area contributed by atoms with Crippen molar-refractivity contribution in [2.45, 2.75) is 12.5 Å². The molecule has 0 rings (SSSR count). The first-order valence-corrected chi connectivity index (χ1v) is 3.16. The highest BCUT2D eigenvalue weighted by atomic mass is 16.6. The maximum Gasteiger partial charge on any atom is 0.305 e. The molecule has 0 spiro atoms. The second kappa shape index (κ2) is 5.67. The first kappa shape index (κ1) is 9.90. The van der Waals surface area contributed by atoms with Crippen LogP contribution in [0.25, 0.3) is 0 Å². The summed E-state index contributed by atoms with van der Waals surface area (Å²) in [7, 11) is 3.07. The lowest BCUT2D eigenvalue weighted by Gasteiger charge is -2.05. The van der Waals surface area contributed by atoms with Crippen LogP contribution in [0.15, 0.2) is 5.16 Å². The number of oxime groups is 1. The number of hydrogen-bond acceptors (Lipinski definition) is 4. The smallest absolute Gasteiger partial charge is 0.305 e. The number of nitrogens with one attached hydrogen (secondary N) is 1. The van der Waals surface area contributed by atoms with Crippen molar-refractivity contribution < 1.29 is 14.7 Å². The molecule has 0 fully saturated rings. The standard InChI is InChI=1S/C6H12N2O3/c1-7-5(3-6(9)10)4-8-11-2/h4-5,7H,3H2,1-2H3,(H,9,10)/b8-4+/t5-/m0/s1. The second-order valence-electron chi connectivity index (χ2n) is 1.93. The summed E-state index contributed by atoms with van der Waals surface area (Å²) in [6.45, 7) is 0. The van der Waals surface area contributed by atoms with Crippen LogP contribution < -0.4 is 5.32 Å².